The third-order valence-electron chi connectivity index (χ3n) is 11.2. The second-order valence-electron chi connectivity index (χ2n) is 15.8. The monoisotopic (exact) mass is 792 g/mol. The van der Waals surface area contributed by atoms with Crippen LogP contribution < -0.4 is 16.0 Å². The Morgan fingerprint density at radius 3 is 2.25 bits per heavy atom. The number of cyclic esters (lactones) is 1. The first-order chi connectivity index (χ1) is 27.2. The van der Waals surface area contributed by atoms with Crippen LogP contribution in [0.25, 0.3) is 0 Å². The van der Waals surface area contributed by atoms with E-state index in [0.717, 1.165) is 17.7 Å². The Morgan fingerprint density at radius 2 is 1.53 bits per heavy atom. The number of fused-ring (bicyclic) bond motifs is 3. The van der Waals surface area contributed by atoms with Crippen molar-refractivity contribution in [1.29, 1.82) is 0 Å². The van der Waals surface area contributed by atoms with Crippen molar-refractivity contribution in [3.8, 4) is 0 Å². The Hall–Kier alpha value is -5.41. The van der Waals surface area contributed by atoms with Crippen LogP contribution >= 0.6 is 0 Å². The summed E-state index contributed by atoms with van der Waals surface area (Å²) < 4.78 is 34.4. The standard InChI is InChI=1S/C41H50F2N6O8/c1-23-9-11-26(12-10-23)19-34(50)45-30(18-27-16-28(42)20-29(43)17-27)37(52)46-35-21-36(51)47-14-6-8-32(47)40(55)48-13-5-4-7-31(48)38(53)44-25(3)39(54)49-22-24(2)15-33(49)41(56)57-35/h9-12,16-17,20,24-25,30-33,35H,4-8,13-15,18-19,21-22H2,1-3H3,(H,44,53)(H,45,50)(H,46,52)/t24-,25+,30+,31+,32+,33+,35+/m1/s1. The van der Waals surface area contributed by atoms with Crippen molar-refractivity contribution >= 4 is 41.4 Å². The van der Waals surface area contributed by atoms with E-state index in [4.69, 9.17) is 4.74 Å². The molecular weight excluding hydrogens is 742 g/mol. The second kappa shape index (κ2) is 17.8. The Kier molecular flexibility index (Phi) is 12.9. The molecule has 0 aromatic heterocycles. The van der Waals surface area contributed by atoms with Crippen molar-refractivity contribution in [3.63, 3.8) is 0 Å². The number of nitrogens with zero attached hydrogens (tertiary/aromatic N) is 3. The number of hydrogen-bond acceptors (Lipinski definition) is 8. The summed E-state index contributed by atoms with van der Waals surface area (Å²) in [5.41, 5.74) is 1.68. The van der Waals surface area contributed by atoms with E-state index in [1.54, 1.807) is 12.1 Å². The zero-order valence-corrected chi connectivity index (χ0v) is 32.4. The molecule has 6 rings (SSSR count). The minimum absolute atomic E-state index is 0.0547. The lowest BCUT2D eigenvalue weighted by atomic mass is 9.99. The maximum Gasteiger partial charge on any atom is 0.330 e. The number of rotatable bonds is 7. The molecule has 16 heteroatoms. The number of ether oxygens (including phenoxy) is 1. The molecule has 4 fully saturated rings. The Balaban J connectivity index is 1.30. The molecule has 0 bridgehead atoms. The van der Waals surface area contributed by atoms with E-state index in [9.17, 15) is 42.3 Å². The summed E-state index contributed by atoms with van der Waals surface area (Å²) in [4.78, 5) is 101. The lowest BCUT2D eigenvalue weighted by Crippen LogP contribution is -2.60. The summed E-state index contributed by atoms with van der Waals surface area (Å²) in [7, 11) is 0. The largest absolute Gasteiger partial charge is 0.440 e. The van der Waals surface area contributed by atoms with Crippen molar-refractivity contribution in [2.24, 2.45) is 5.92 Å². The number of nitrogens with one attached hydrogen (secondary N) is 3. The number of carbonyl (C=O) groups is 7. The van der Waals surface area contributed by atoms with Crippen molar-refractivity contribution in [2.45, 2.75) is 115 Å². The molecule has 7 atom stereocenters. The fourth-order valence-electron chi connectivity index (χ4n) is 8.30. The maximum atomic E-state index is 14.3. The van der Waals surface area contributed by atoms with Gasteiger partial charge in [0, 0.05) is 32.1 Å². The van der Waals surface area contributed by atoms with E-state index in [-0.39, 0.29) is 43.8 Å². The van der Waals surface area contributed by atoms with Gasteiger partial charge in [0.25, 0.3) is 0 Å². The molecule has 14 nitrogen and oxygen atoms in total. The van der Waals surface area contributed by atoms with Crippen LogP contribution in [0.5, 0.6) is 0 Å². The van der Waals surface area contributed by atoms with E-state index in [0.29, 0.717) is 50.3 Å². The normalized spacial score (nSPS) is 26.5. The van der Waals surface area contributed by atoms with Crippen LogP contribution in [0.1, 0.15) is 75.5 Å². The maximum absolute atomic E-state index is 14.3. The highest BCUT2D eigenvalue weighted by molar-refractivity contribution is 5.96. The van der Waals surface area contributed by atoms with Gasteiger partial charge in [0.05, 0.1) is 12.8 Å². The number of aryl methyl sites for hydroxylation is 1. The molecule has 4 saturated heterocycles. The third-order valence-corrected chi connectivity index (χ3v) is 11.2. The molecule has 2 aromatic rings. The third kappa shape index (κ3) is 9.95. The van der Waals surface area contributed by atoms with Crippen LogP contribution in [0.15, 0.2) is 42.5 Å². The predicted molar refractivity (Wildman–Crippen MR) is 200 cm³/mol. The van der Waals surface area contributed by atoms with Gasteiger partial charge in [0.1, 0.15) is 41.8 Å². The predicted octanol–water partition coefficient (Wildman–Crippen LogP) is 2.05. The van der Waals surface area contributed by atoms with Crippen molar-refractivity contribution in [3.05, 3.63) is 70.8 Å². The van der Waals surface area contributed by atoms with Gasteiger partial charge in [-0.05, 0) is 81.5 Å². The molecule has 57 heavy (non-hydrogen) atoms. The number of benzene rings is 2. The first-order valence-electron chi connectivity index (χ1n) is 19.7. The van der Waals surface area contributed by atoms with Gasteiger partial charge in [-0.1, -0.05) is 36.8 Å². The zero-order valence-electron chi connectivity index (χ0n) is 32.4. The zero-order chi connectivity index (χ0) is 41.0. The minimum atomic E-state index is -1.63. The summed E-state index contributed by atoms with van der Waals surface area (Å²) in [6, 6.07) is 4.54. The van der Waals surface area contributed by atoms with Gasteiger partial charge in [-0.3, -0.25) is 28.8 Å². The molecule has 0 spiro atoms. The van der Waals surface area contributed by atoms with E-state index in [1.807, 2.05) is 26.0 Å². The van der Waals surface area contributed by atoms with Gasteiger partial charge in [-0.2, -0.15) is 0 Å². The van der Waals surface area contributed by atoms with E-state index in [2.05, 4.69) is 16.0 Å². The molecular formula is C41H50F2N6O8. The first-order valence-corrected chi connectivity index (χ1v) is 19.7. The van der Waals surface area contributed by atoms with Crippen molar-refractivity contribution in [1.82, 2.24) is 30.7 Å². The highest BCUT2D eigenvalue weighted by atomic mass is 19.1. The fourth-order valence-corrected chi connectivity index (χ4v) is 8.30. The Labute approximate surface area is 330 Å². The van der Waals surface area contributed by atoms with Crippen LogP contribution in [-0.4, -0.2) is 112 Å². The topological polar surface area (TPSA) is 175 Å². The number of halogens is 2. The van der Waals surface area contributed by atoms with E-state index in [1.165, 1.54) is 21.6 Å². The Morgan fingerprint density at radius 1 is 0.842 bits per heavy atom. The Bertz CT molecular complexity index is 1870. The van der Waals surface area contributed by atoms with Crippen molar-refractivity contribution < 1.29 is 47.1 Å². The average Bonchev–Trinajstić information content (AvgIpc) is 3.81. The molecule has 0 radical (unpaired) electrons. The van der Waals surface area contributed by atoms with Gasteiger partial charge in [0.2, 0.25) is 35.4 Å². The van der Waals surface area contributed by atoms with Gasteiger partial charge < -0.3 is 35.4 Å². The molecule has 6 amide bonds. The van der Waals surface area contributed by atoms with Crippen LogP contribution in [0.4, 0.5) is 8.78 Å². The molecule has 0 saturated carbocycles. The molecule has 3 N–H and O–H groups in total. The molecule has 0 unspecified atom stereocenters. The second-order valence-corrected chi connectivity index (χ2v) is 15.8. The van der Waals surface area contributed by atoms with Crippen LogP contribution in [-0.2, 0) is 51.1 Å². The number of esters is 1. The van der Waals surface area contributed by atoms with Crippen molar-refractivity contribution in [2.75, 3.05) is 19.6 Å². The number of piperidine rings is 1. The van der Waals surface area contributed by atoms with E-state index < -0.39 is 95.9 Å². The molecule has 0 aliphatic carbocycles. The van der Waals surface area contributed by atoms with Crippen LogP contribution in [0.2, 0.25) is 0 Å². The molecule has 4 aliphatic heterocycles. The number of amides is 6. The summed E-state index contributed by atoms with van der Waals surface area (Å²) in [5.74, 6) is -6.35. The lowest BCUT2D eigenvalue weighted by molar-refractivity contribution is -0.164. The summed E-state index contributed by atoms with van der Waals surface area (Å²) in [5, 5.41) is 7.96. The molecule has 4 heterocycles. The quantitative estimate of drug-likeness (QED) is 0.358. The summed E-state index contributed by atoms with van der Waals surface area (Å²) in [6.45, 7) is 5.94. The highest BCUT2D eigenvalue weighted by Crippen LogP contribution is 2.28. The SMILES string of the molecule is Cc1ccc(CC(=O)N[C@@H](Cc2cc(F)cc(F)c2)C(=O)N[C@@H]2CC(=O)N3CCC[C@H]3C(=O)N3CCCC[C@H]3C(=O)N[C@@H](C)C(=O)N3C[C@H](C)C[C@H]3C(=O)O2)cc1. The van der Waals surface area contributed by atoms with Gasteiger partial charge >= 0.3 is 5.97 Å². The number of hydrogen-bond donors (Lipinski definition) is 3. The minimum Gasteiger partial charge on any atom is -0.440 e. The molecule has 2 aromatic carbocycles. The van der Waals surface area contributed by atoms with Crippen LogP contribution in [0.3, 0.4) is 0 Å². The van der Waals surface area contributed by atoms with E-state index >= 15 is 0 Å². The highest BCUT2D eigenvalue weighted by Gasteiger charge is 2.45. The number of carbonyl (C=O) groups excluding carboxylic acids is 7. The van der Waals surface area contributed by atoms with Gasteiger partial charge in [0.15, 0.2) is 6.23 Å². The lowest BCUT2D eigenvalue weighted by Gasteiger charge is -2.39. The van der Waals surface area contributed by atoms with Gasteiger partial charge in [-0.25, -0.2) is 13.6 Å². The smallest absolute Gasteiger partial charge is 0.330 e. The molecule has 4 aliphatic rings. The van der Waals surface area contributed by atoms with Crippen LogP contribution in [0, 0.1) is 24.5 Å². The summed E-state index contributed by atoms with van der Waals surface area (Å²) in [6.07, 6.45) is 0.0509. The van der Waals surface area contributed by atoms with Gasteiger partial charge in [-0.15, -0.1) is 0 Å². The average molecular weight is 793 g/mol. The fraction of sp³-hybridized carbons (Fsp3) is 0.537. The first kappa shape index (κ1) is 41.2. The molecule has 306 valence electrons. The summed E-state index contributed by atoms with van der Waals surface area (Å²) >= 11 is 0.